The summed E-state index contributed by atoms with van der Waals surface area (Å²) in [6.45, 7) is 8.28. The van der Waals surface area contributed by atoms with Crippen LogP contribution in [-0.2, 0) is 0 Å². The summed E-state index contributed by atoms with van der Waals surface area (Å²) in [6, 6.07) is 4.49. The molecule has 0 aliphatic rings. The van der Waals surface area contributed by atoms with Gasteiger partial charge in [0.1, 0.15) is 0 Å². The summed E-state index contributed by atoms with van der Waals surface area (Å²) in [7, 11) is 0. The van der Waals surface area contributed by atoms with E-state index in [0.29, 0.717) is 6.04 Å². The Kier molecular flexibility index (Phi) is 3.91. The van der Waals surface area contributed by atoms with Gasteiger partial charge in [-0.3, -0.25) is 4.98 Å². The fraction of sp³-hybridized carbons (Fsp3) is 0.462. The fourth-order valence-corrected chi connectivity index (χ4v) is 2.55. The molecule has 0 radical (unpaired) electrons. The van der Waals surface area contributed by atoms with Crippen molar-refractivity contribution in [3.63, 3.8) is 0 Å². The van der Waals surface area contributed by atoms with E-state index in [9.17, 15) is 0 Å². The van der Waals surface area contributed by atoms with Gasteiger partial charge in [0.15, 0.2) is 5.01 Å². The van der Waals surface area contributed by atoms with Gasteiger partial charge < -0.3 is 5.32 Å². The van der Waals surface area contributed by atoms with Crippen LogP contribution in [0, 0.1) is 13.8 Å². The van der Waals surface area contributed by atoms with Gasteiger partial charge >= 0.3 is 0 Å². The van der Waals surface area contributed by atoms with Crippen molar-refractivity contribution in [3.05, 3.63) is 23.5 Å². The summed E-state index contributed by atoms with van der Waals surface area (Å²) in [6.07, 6.45) is 1.07. The Morgan fingerprint density at radius 1 is 1.28 bits per heavy atom. The first-order valence-corrected chi connectivity index (χ1v) is 6.96. The molecule has 0 amide bonds. The molecule has 1 N–H and O–H groups in total. The molecule has 0 aliphatic heterocycles. The Morgan fingerprint density at radius 3 is 2.72 bits per heavy atom. The molecule has 0 fully saturated rings. The maximum atomic E-state index is 4.45. The van der Waals surface area contributed by atoms with E-state index in [4.69, 9.17) is 0 Å². The van der Waals surface area contributed by atoms with Crippen LogP contribution in [0.15, 0.2) is 12.1 Å². The molecule has 0 saturated heterocycles. The van der Waals surface area contributed by atoms with Crippen molar-refractivity contribution < 1.29 is 0 Å². The van der Waals surface area contributed by atoms with Gasteiger partial charge in [-0.25, -0.2) is 0 Å². The minimum absolute atomic E-state index is 0.419. The molecule has 96 valence electrons. The second-order valence-electron chi connectivity index (χ2n) is 4.45. The van der Waals surface area contributed by atoms with Crippen molar-refractivity contribution in [1.29, 1.82) is 0 Å². The van der Waals surface area contributed by atoms with Gasteiger partial charge in [-0.2, -0.15) is 0 Å². The molecule has 1 atom stereocenters. The number of hydrogen-bond donors (Lipinski definition) is 1. The average molecular weight is 262 g/mol. The van der Waals surface area contributed by atoms with Gasteiger partial charge in [-0.05, 0) is 39.3 Å². The third-order valence-corrected chi connectivity index (χ3v) is 3.75. The minimum Gasteiger partial charge on any atom is -0.358 e. The van der Waals surface area contributed by atoms with Gasteiger partial charge in [0.25, 0.3) is 0 Å². The number of nitrogens with one attached hydrogen (secondary N) is 1. The number of hydrogen-bond acceptors (Lipinski definition) is 5. The second-order valence-corrected chi connectivity index (χ2v) is 5.43. The molecular formula is C13H18N4S. The Morgan fingerprint density at radius 2 is 2.06 bits per heavy atom. The van der Waals surface area contributed by atoms with Crippen LogP contribution in [0.5, 0.6) is 0 Å². The smallest absolute Gasteiger partial charge is 0.206 e. The number of anilines is 1. The van der Waals surface area contributed by atoms with Crippen molar-refractivity contribution in [2.75, 3.05) is 5.32 Å². The zero-order chi connectivity index (χ0) is 13.1. The van der Waals surface area contributed by atoms with Crippen LogP contribution in [0.2, 0.25) is 0 Å². The molecule has 5 heteroatoms. The van der Waals surface area contributed by atoms with E-state index >= 15 is 0 Å². The molecule has 0 saturated carbocycles. The number of pyridine rings is 1. The normalized spacial score (nSPS) is 12.4. The predicted octanol–water partition coefficient (Wildman–Crippen LogP) is 3.43. The Balaban J connectivity index is 2.24. The highest BCUT2D eigenvalue weighted by Gasteiger charge is 2.10. The summed E-state index contributed by atoms with van der Waals surface area (Å²) >= 11 is 1.58. The number of rotatable bonds is 4. The van der Waals surface area contributed by atoms with E-state index in [1.807, 2.05) is 19.9 Å². The highest BCUT2D eigenvalue weighted by molar-refractivity contribution is 7.18. The molecule has 2 aromatic heterocycles. The Hall–Kier alpha value is -1.49. The van der Waals surface area contributed by atoms with Crippen molar-refractivity contribution in [2.24, 2.45) is 0 Å². The van der Waals surface area contributed by atoms with E-state index in [2.05, 4.69) is 40.4 Å². The van der Waals surface area contributed by atoms with Gasteiger partial charge in [-0.1, -0.05) is 18.3 Å². The van der Waals surface area contributed by atoms with Crippen molar-refractivity contribution in [3.8, 4) is 10.6 Å². The van der Waals surface area contributed by atoms with E-state index < -0.39 is 0 Å². The van der Waals surface area contributed by atoms with Crippen molar-refractivity contribution >= 4 is 16.5 Å². The number of aryl methyl sites for hydroxylation is 2. The topological polar surface area (TPSA) is 50.7 Å². The van der Waals surface area contributed by atoms with Crippen LogP contribution in [0.25, 0.3) is 10.6 Å². The lowest BCUT2D eigenvalue weighted by molar-refractivity contribution is 0.760. The Labute approximate surface area is 111 Å². The Bertz CT molecular complexity index is 536. The van der Waals surface area contributed by atoms with Crippen LogP contribution in [-0.4, -0.2) is 21.2 Å². The molecular weight excluding hydrogens is 244 g/mol. The summed E-state index contributed by atoms with van der Waals surface area (Å²) in [4.78, 5) is 4.45. The van der Waals surface area contributed by atoms with Crippen LogP contribution in [0.1, 0.15) is 31.7 Å². The molecule has 0 spiro atoms. The molecule has 2 aromatic rings. The molecule has 4 nitrogen and oxygen atoms in total. The third-order valence-electron chi connectivity index (χ3n) is 2.86. The summed E-state index contributed by atoms with van der Waals surface area (Å²) in [5, 5.41) is 13.5. The zero-order valence-electron chi connectivity index (χ0n) is 11.2. The lowest BCUT2D eigenvalue weighted by Crippen LogP contribution is -2.12. The molecule has 1 unspecified atom stereocenters. The standard InChI is InChI=1S/C13H18N4S/c1-5-8(2)15-13-17-16-12(18-13)11-7-6-9(3)14-10(11)4/h6-8H,5H2,1-4H3,(H,15,17). The highest BCUT2D eigenvalue weighted by Crippen LogP contribution is 2.28. The monoisotopic (exact) mass is 262 g/mol. The van der Waals surface area contributed by atoms with Gasteiger partial charge in [0.05, 0.1) is 0 Å². The summed E-state index contributed by atoms with van der Waals surface area (Å²) in [5.41, 5.74) is 3.09. The highest BCUT2D eigenvalue weighted by atomic mass is 32.1. The zero-order valence-corrected chi connectivity index (χ0v) is 12.0. The third kappa shape index (κ3) is 2.85. The molecule has 18 heavy (non-hydrogen) atoms. The molecule has 0 aromatic carbocycles. The summed E-state index contributed by atoms with van der Waals surface area (Å²) < 4.78 is 0. The largest absolute Gasteiger partial charge is 0.358 e. The van der Waals surface area contributed by atoms with Crippen LogP contribution < -0.4 is 5.32 Å². The lowest BCUT2D eigenvalue weighted by atomic mass is 10.2. The second kappa shape index (κ2) is 5.44. The maximum absolute atomic E-state index is 4.45. The van der Waals surface area contributed by atoms with E-state index in [-0.39, 0.29) is 0 Å². The van der Waals surface area contributed by atoms with Crippen molar-refractivity contribution in [1.82, 2.24) is 15.2 Å². The van der Waals surface area contributed by atoms with E-state index in [1.165, 1.54) is 0 Å². The van der Waals surface area contributed by atoms with Gasteiger partial charge in [0.2, 0.25) is 5.13 Å². The average Bonchev–Trinajstić information content (AvgIpc) is 2.77. The number of aromatic nitrogens is 3. The quantitative estimate of drug-likeness (QED) is 0.917. The lowest BCUT2D eigenvalue weighted by Gasteiger charge is -2.07. The first-order chi connectivity index (χ1) is 8.60. The van der Waals surface area contributed by atoms with Gasteiger partial charge in [0, 0.05) is 23.0 Å². The van der Waals surface area contributed by atoms with E-state index in [1.54, 1.807) is 11.3 Å². The fourth-order valence-electron chi connectivity index (χ4n) is 1.62. The van der Waals surface area contributed by atoms with Gasteiger partial charge in [-0.15, -0.1) is 10.2 Å². The van der Waals surface area contributed by atoms with Crippen molar-refractivity contribution in [2.45, 2.75) is 40.2 Å². The number of nitrogens with zero attached hydrogens (tertiary/aromatic N) is 3. The molecule has 2 rings (SSSR count). The van der Waals surface area contributed by atoms with E-state index in [0.717, 1.165) is 33.5 Å². The van der Waals surface area contributed by atoms with Crippen LogP contribution in [0.4, 0.5) is 5.13 Å². The molecule has 2 heterocycles. The SMILES string of the molecule is CCC(C)Nc1nnc(-c2ccc(C)nc2C)s1. The predicted molar refractivity (Wildman–Crippen MR) is 76.0 cm³/mol. The first kappa shape index (κ1) is 13.0. The van der Waals surface area contributed by atoms with Crippen LogP contribution in [0.3, 0.4) is 0 Å². The maximum Gasteiger partial charge on any atom is 0.206 e. The first-order valence-electron chi connectivity index (χ1n) is 6.14. The summed E-state index contributed by atoms with van der Waals surface area (Å²) in [5.74, 6) is 0. The minimum atomic E-state index is 0.419. The molecule has 0 aliphatic carbocycles. The van der Waals surface area contributed by atoms with Crippen LogP contribution >= 0.6 is 11.3 Å². The molecule has 0 bridgehead atoms.